The molecule has 0 aromatic rings. The summed E-state index contributed by atoms with van der Waals surface area (Å²) in [6, 6.07) is 0. The van der Waals surface area contributed by atoms with Crippen molar-refractivity contribution in [2.75, 3.05) is 0 Å². The Morgan fingerprint density at radius 2 is 0.750 bits per heavy atom. The second-order valence-electron chi connectivity index (χ2n) is 0. The van der Waals surface area contributed by atoms with Crippen LogP contribution < -0.4 is 103 Å². The minimum Gasteiger partial charge on any atom is -1.00 e. The van der Waals surface area contributed by atoms with Crippen molar-refractivity contribution in [3.05, 3.63) is 0 Å². The summed E-state index contributed by atoms with van der Waals surface area (Å²) in [7, 11) is 0. The Balaban J connectivity index is 0. The predicted molar refractivity (Wildman–Crippen MR) is 0 cm³/mol. The van der Waals surface area contributed by atoms with Crippen LogP contribution in [-0.4, -0.2) is 0 Å². The van der Waals surface area contributed by atoms with E-state index in [4.69, 9.17) is 0 Å². The molecule has 0 N–H and O–H groups in total. The zero-order valence-corrected chi connectivity index (χ0v) is 13.0. The molecule has 0 aliphatic rings. The average molecular weight is 401 g/mol. The number of rotatable bonds is 0. The summed E-state index contributed by atoms with van der Waals surface area (Å²) in [4.78, 5) is 0. The van der Waals surface area contributed by atoms with Gasteiger partial charge in [0.1, 0.15) is 0 Å². The Morgan fingerprint density at radius 1 is 0.750 bits per heavy atom. The van der Waals surface area contributed by atoms with Gasteiger partial charge in [-0.1, -0.05) is 0 Å². The minimum atomic E-state index is 0. The molecule has 0 amide bonds. The molecule has 0 aromatic heterocycles. The fraction of sp³-hybridized carbons (Fsp3) is 0. The van der Waals surface area contributed by atoms with Gasteiger partial charge in [0.2, 0.25) is 0 Å². The fourth-order valence-electron chi connectivity index (χ4n) is 0. The monoisotopic (exact) mass is 398 g/mol. The smallest absolute Gasteiger partial charge is 1.00 e. The zero-order chi connectivity index (χ0) is 0. The standard InChI is InChI=1S/Ag.2BrH.Cs/h;2*1H;/q+1;;;+1/p-2. The molecule has 0 aliphatic heterocycles. The van der Waals surface area contributed by atoms with E-state index in [1.807, 2.05) is 0 Å². The summed E-state index contributed by atoms with van der Waals surface area (Å²) in [5.74, 6) is 0. The van der Waals surface area contributed by atoms with E-state index in [0.717, 1.165) is 0 Å². The maximum absolute atomic E-state index is 0. The first-order valence-electron chi connectivity index (χ1n) is 0. The van der Waals surface area contributed by atoms with Gasteiger partial charge in [0, 0.05) is 0 Å². The number of hydrogen-bond donors (Lipinski definition) is 0. The van der Waals surface area contributed by atoms with Crippen molar-refractivity contribution in [2.45, 2.75) is 0 Å². The number of halogens is 2. The van der Waals surface area contributed by atoms with Crippen LogP contribution >= 0.6 is 0 Å². The quantitative estimate of drug-likeness (QED) is 0.355. The third kappa shape index (κ3) is 9.23. The fourth-order valence-corrected chi connectivity index (χ4v) is 0. The minimum absolute atomic E-state index is 0. The van der Waals surface area contributed by atoms with Crippen molar-refractivity contribution in [3.63, 3.8) is 0 Å². The zero-order valence-electron chi connectivity index (χ0n) is 2.06. The molecule has 26 valence electrons. The summed E-state index contributed by atoms with van der Waals surface area (Å²) in [6.45, 7) is 0. The van der Waals surface area contributed by atoms with Gasteiger partial charge >= 0.3 is 91.3 Å². The summed E-state index contributed by atoms with van der Waals surface area (Å²) in [5.41, 5.74) is 0. The van der Waals surface area contributed by atoms with Crippen molar-refractivity contribution in [1.29, 1.82) is 0 Å². The van der Waals surface area contributed by atoms with E-state index in [1.54, 1.807) is 0 Å². The van der Waals surface area contributed by atoms with Gasteiger partial charge in [-0.15, -0.1) is 0 Å². The molecule has 0 unspecified atom stereocenters. The van der Waals surface area contributed by atoms with Crippen LogP contribution in [0.1, 0.15) is 0 Å². The normalized spacial score (nSPS) is 0. The largest absolute Gasteiger partial charge is 1.00 e. The first-order chi connectivity index (χ1) is 0. The third-order valence-electron chi connectivity index (χ3n) is 0. The average Bonchev–Trinajstić information content (AvgIpc) is 0. The van der Waals surface area contributed by atoms with E-state index >= 15 is 0 Å². The van der Waals surface area contributed by atoms with E-state index in [1.165, 1.54) is 0 Å². The van der Waals surface area contributed by atoms with Crippen LogP contribution in [-0.2, 0) is 22.4 Å². The first-order valence-corrected chi connectivity index (χ1v) is 0. The summed E-state index contributed by atoms with van der Waals surface area (Å²) >= 11 is 0. The molecule has 0 nitrogen and oxygen atoms in total. The van der Waals surface area contributed by atoms with E-state index in [2.05, 4.69) is 0 Å². The SMILES string of the molecule is [Ag+].[Br-].[Br-].[Cs+]. The van der Waals surface area contributed by atoms with Gasteiger partial charge in [-0.05, 0) is 0 Å². The van der Waals surface area contributed by atoms with Gasteiger partial charge in [-0.2, -0.15) is 0 Å². The van der Waals surface area contributed by atoms with E-state index in [9.17, 15) is 0 Å². The second-order valence-corrected chi connectivity index (χ2v) is 0. The molecule has 0 heterocycles. The molecule has 0 radical (unpaired) electrons. The van der Waals surface area contributed by atoms with Crippen molar-refractivity contribution in [1.82, 2.24) is 0 Å². The molecule has 4 heteroatoms. The van der Waals surface area contributed by atoms with Gasteiger partial charge in [-0.3, -0.25) is 0 Å². The molecular formula is AgBr2Cs. The van der Waals surface area contributed by atoms with Gasteiger partial charge in [0.05, 0.1) is 0 Å². The summed E-state index contributed by atoms with van der Waals surface area (Å²) in [5, 5.41) is 0. The van der Waals surface area contributed by atoms with Crippen LogP contribution in [0.3, 0.4) is 0 Å². The molecule has 0 rings (SSSR count). The third-order valence-corrected chi connectivity index (χ3v) is 0. The van der Waals surface area contributed by atoms with Crippen LogP contribution in [0.2, 0.25) is 0 Å². The second kappa shape index (κ2) is 15.9. The summed E-state index contributed by atoms with van der Waals surface area (Å²) < 4.78 is 0. The molecule has 0 saturated heterocycles. The molecule has 4 heavy (non-hydrogen) atoms. The Hall–Kier alpha value is 3.75. The summed E-state index contributed by atoms with van der Waals surface area (Å²) in [6.07, 6.45) is 0. The van der Waals surface area contributed by atoms with Crippen LogP contribution in [0.4, 0.5) is 0 Å². The Bertz CT molecular complexity index is 6.00. The molecule has 0 spiro atoms. The maximum Gasteiger partial charge on any atom is 1.00 e. The van der Waals surface area contributed by atoms with Crippen molar-refractivity contribution < 1.29 is 125 Å². The van der Waals surface area contributed by atoms with Crippen molar-refractivity contribution >= 4 is 0 Å². The van der Waals surface area contributed by atoms with Crippen LogP contribution in [0.5, 0.6) is 0 Å². The Kier molecular flexibility index (Phi) is 99.6. The van der Waals surface area contributed by atoms with Gasteiger partial charge in [0.15, 0.2) is 0 Å². The molecule has 0 aromatic carbocycles. The van der Waals surface area contributed by atoms with E-state index < -0.39 is 0 Å². The van der Waals surface area contributed by atoms with Crippen molar-refractivity contribution in [3.8, 4) is 0 Å². The van der Waals surface area contributed by atoms with Gasteiger partial charge < -0.3 is 34.0 Å². The predicted octanol–water partition coefficient (Wildman–Crippen LogP) is -8.99. The molecule has 0 atom stereocenters. The number of hydrogen-bond acceptors (Lipinski definition) is 0. The molecule has 0 bridgehead atoms. The maximum atomic E-state index is 0. The van der Waals surface area contributed by atoms with Crippen LogP contribution in [0.15, 0.2) is 0 Å². The van der Waals surface area contributed by atoms with Crippen molar-refractivity contribution in [2.24, 2.45) is 0 Å². The molecule has 0 aliphatic carbocycles. The van der Waals surface area contributed by atoms with E-state index in [0.29, 0.717) is 0 Å². The van der Waals surface area contributed by atoms with Gasteiger partial charge in [-0.25, -0.2) is 0 Å². The van der Waals surface area contributed by atoms with Crippen LogP contribution in [0.25, 0.3) is 0 Å². The topological polar surface area (TPSA) is 0 Å². The van der Waals surface area contributed by atoms with E-state index in [-0.39, 0.29) is 125 Å². The Morgan fingerprint density at radius 3 is 0.750 bits per heavy atom. The molecule has 0 fully saturated rings. The van der Waals surface area contributed by atoms with Crippen LogP contribution in [0, 0.1) is 0 Å². The molecule has 0 saturated carbocycles. The Labute approximate surface area is 121 Å². The van der Waals surface area contributed by atoms with Gasteiger partial charge in [0.25, 0.3) is 0 Å². The molecular weight excluding hydrogens is 401 g/mol. The first kappa shape index (κ1) is 25.1.